The fourth-order valence-electron chi connectivity index (χ4n) is 3.46. The van der Waals surface area contributed by atoms with Gasteiger partial charge in [-0.15, -0.1) is 0 Å². The maximum absolute atomic E-state index is 12.4. The summed E-state index contributed by atoms with van der Waals surface area (Å²) < 4.78 is 21.5. The van der Waals surface area contributed by atoms with Crippen molar-refractivity contribution in [3.05, 3.63) is 77.5 Å². The largest absolute Gasteiger partial charge is 0.504 e. The maximum atomic E-state index is 12.4. The van der Waals surface area contributed by atoms with Crippen molar-refractivity contribution in [1.29, 1.82) is 0 Å². The van der Waals surface area contributed by atoms with Gasteiger partial charge in [0.25, 0.3) is 0 Å². The van der Waals surface area contributed by atoms with E-state index in [4.69, 9.17) is 24.7 Å². The molecule has 0 aliphatic carbocycles. The van der Waals surface area contributed by atoms with Crippen LogP contribution in [0.15, 0.2) is 60.8 Å². The number of phenolic OH excluding ortho intramolecular Hbond substituents is 1. The number of methoxy groups -OCH3 is 4. The van der Waals surface area contributed by atoms with Crippen molar-refractivity contribution in [3.8, 4) is 28.7 Å². The normalized spacial score (nSPS) is 11.0. The monoisotopic (exact) mass is 476 g/mol. The Labute approximate surface area is 204 Å². The number of allylic oxidation sites excluding steroid dienone is 1. The van der Waals surface area contributed by atoms with Gasteiger partial charge in [0, 0.05) is 23.5 Å². The number of nitrogens with two attached hydrogens (primary N) is 1. The van der Waals surface area contributed by atoms with Gasteiger partial charge in [0.15, 0.2) is 28.8 Å². The van der Waals surface area contributed by atoms with Gasteiger partial charge in [-0.25, -0.2) is 0 Å². The van der Waals surface area contributed by atoms with Crippen molar-refractivity contribution in [2.24, 2.45) is 0 Å². The third-order valence-electron chi connectivity index (χ3n) is 5.15. The van der Waals surface area contributed by atoms with Crippen LogP contribution in [0.3, 0.4) is 0 Å². The van der Waals surface area contributed by atoms with Crippen molar-refractivity contribution in [2.45, 2.75) is 0 Å². The number of benzene rings is 3. The predicted octanol–water partition coefficient (Wildman–Crippen LogP) is 4.99. The van der Waals surface area contributed by atoms with Gasteiger partial charge in [-0.2, -0.15) is 0 Å². The van der Waals surface area contributed by atoms with Gasteiger partial charge < -0.3 is 35.1 Å². The van der Waals surface area contributed by atoms with E-state index in [2.05, 4.69) is 5.32 Å². The molecule has 4 N–H and O–H groups in total. The summed E-state index contributed by atoms with van der Waals surface area (Å²) in [6.45, 7) is 0. The summed E-state index contributed by atoms with van der Waals surface area (Å²) in [5.74, 6) is 1.48. The van der Waals surface area contributed by atoms with Crippen LogP contribution in [-0.2, 0) is 0 Å². The molecule has 3 aromatic rings. The van der Waals surface area contributed by atoms with E-state index in [-0.39, 0.29) is 17.3 Å². The molecule has 0 heterocycles. The van der Waals surface area contributed by atoms with Crippen LogP contribution in [0.25, 0.3) is 12.2 Å². The SMILES string of the molecule is COc1cc(/C=C\c2cc(O)c(OC)c(N/C=C\C(=O)c3ccccc3N)c2)cc(OC)c1OC. The van der Waals surface area contributed by atoms with Crippen LogP contribution in [0.4, 0.5) is 11.4 Å². The third-order valence-corrected chi connectivity index (χ3v) is 5.15. The number of para-hydroxylation sites is 1. The molecule has 3 aromatic carbocycles. The summed E-state index contributed by atoms with van der Waals surface area (Å²) in [5, 5.41) is 13.5. The first-order valence-electron chi connectivity index (χ1n) is 10.6. The number of nitrogens with one attached hydrogen (secondary N) is 1. The van der Waals surface area contributed by atoms with E-state index < -0.39 is 0 Å². The highest BCUT2D eigenvalue weighted by Crippen LogP contribution is 2.39. The second-order valence-electron chi connectivity index (χ2n) is 7.34. The Morgan fingerprint density at radius 3 is 2.03 bits per heavy atom. The molecule has 182 valence electrons. The number of carbonyl (C=O) groups excluding carboxylic acids is 1. The lowest BCUT2D eigenvalue weighted by molar-refractivity contribution is 0.104. The molecule has 0 amide bonds. The molecule has 0 saturated heterocycles. The van der Waals surface area contributed by atoms with Crippen LogP contribution in [0.5, 0.6) is 28.7 Å². The Hall–Kier alpha value is -4.59. The molecule has 0 radical (unpaired) electrons. The molecule has 0 aromatic heterocycles. The number of hydrogen-bond donors (Lipinski definition) is 3. The summed E-state index contributed by atoms with van der Waals surface area (Å²) >= 11 is 0. The van der Waals surface area contributed by atoms with E-state index in [1.807, 2.05) is 24.3 Å². The fourth-order valence-corrected chi connectivity index (χ4v) is 3.46. The minimum absolute atomic E-state index is 0.0610. The Morgan fingerprint density at radius 2 is 1.46 bits per heavy atom. The van der Waals surface area contributed by atoms with Gasteiger partial charge in [-0.1, -0.05) is 24.3 Å². The molecule has 0 spiro atoms. The highest BCUT2D eigenvalue weighted by molar-refractivity contribution is 6.08. The molecule has 8 heteroatoms. The van der Waals surface area contributed by atoms with Gasteiger partial charge in [0.05, 0.1) is 34.1 Å². The summed E-state index contributed by atoms with van der Waals surface area (Å²) in [4.78, 5) is 12.4. The molecule has 0 saturated carbocycles. The summed E-state index contributed by atoms with van der Waals surface area (Å²) in [5.41, 5.74) is 8.63. The third kappa shape index (κ3) is 5.86. The van der Waals surface area contributed by atoms with Crippen LogP contribution in [-0.4, -0.2) is 39.3 Å². The molecule has 3 rings (SSSR count). The highest BCUT2D eigenvalue weighted by atomic mass is 16.5. The minimum atomic E-state index is -0.253. The second kappa shape index (κ2) is 11.5. The molecule has 8 nitrogen and oxygen atoms in total. The van der Waals surface area contributed by atoms with Crippen molar-refractivity contribution in [1.82, 2.24) is 0 Å². The topological polar surface area (TPSA) is 112 Å². The van der Waals surface area contributed by atoms with Gasteiger partial charge >= 0.3 is 0 Å². The van der Waals surface area contributed by atoms with E-state index in [1.54, 1.807) is 57.7 Å². The Bertz CT molecular complexity index is 1240. The molecule has 0 bridgehead atoms. The zero-order chi connectivity index (χ0) is 25.4. The van der Waals surface area contributed by atoms with Crippen LogP contribution >= 0.6 is 0 Å². The number of nitrogen functional groups attached to an aromatic ring is 1. The molecule has 0 unspecified atom stereocenters. The Morgan fingerprint density at radius 1 is 0.857 bits per heavy atom. The van der Waals surface area contributed by atoms with Crippen molar-refractivity contribution < 1.29 is 28.8 Å². The highest BCUT2D eigenvalue weighted by Gasteiger charge is 2.13. The van der Waals surface area contributed by atoms with Crippen molar-refractivity contribution in [2.75, 3.05) is 39.5 Å². The number of anilines is 2. The second-order valence-corrected chi connectivity index (χ2v) is 7.34. The Balaban J connectivity index is 1.86. The maximum Gasteiger partial charge on any atom is 0.203 e. The number of ketones is 1. The molecule has 0 atom stereocenters. The predicted molar refractivity (Wildman–Crippen MR) is 138 cm³/mol. The number of hydrogen-bond acceptors (Lipinski definition) is 8. The molecule has 0 aliphatic rings. The number of ether oxygens (including phenoxy) is 4. The molecule has 0 fully saturated rings. The number of phenols is 1. The Kier molecular flexibility index (Phi) is 8.24. The molecular weight excluding hydrogens is 448 g/mol. The van der Waals surface area contributed by atoms with Gasteiger partial charge in [-0.05, 0) is 47.5 Å². The zero-order valence-electron chi connectivity index (χ0n) is 20.0. The molecule has 35 heavy (non-hydrogen) atoms. The summed E-state index contributed by atoms with van der Waals surface area (Å²) in [7, 11) is 6.09. The number of carbonyl (C=O) groups is 1. The van der Waals surface area contributed by atoms with Crippen LogP contribution in [0, 0.1) is 0 Å². The number of aromatic hydroxyl groups is 1. The van der Waals surface area contributed by atoms with E-state index >= 15 is 0 Å². The fraction of sp³-hybridized carbons (Fsp3) is 0.148. The zero-order valence-corrected chi connectivity index (χ0v) is 20.0. The van der Waals surface area contributed by atoms with Gasteiger partial charge in [0.2, 0.25) is 5.75 Å². The van der Waals surface area contributed by atoms with Gasteiger partial charge in [-0.3, -0.25) is 4.79 Å². The lowest BCUT2D eigenvalue weighted by atomic mass is 10.1. The lowest BCUT2D eigenvalue weighted by Gasteiger charge is -2.13. The average molecular weight is 477 g/mol. The van der Waals surface area contributed by atoms with Crippen LogP contribution in [0.2, 0.25) is 0 Å². The standard InChI is InChI=1S/C27H28N2O6/c1-32-24-15-18(16-25(33-2)27(24)35-4)10-9-17-13-21(26(34-3)23(31)14-17)29-12-11-22(30)19-7-5-6-8-20(19)28/h5-16,29,31H,28H2,1-4H3/b10-9-,12-11-. The first kappa shape index (κ1) is 25.0. The summed E-state index contributed by atoms with van der Waals surface area (Å²) in [6, 6.07) is 13.8. The average Bonchev–Trinajstić information content (AvgIpc) is 2.86. The first-order valence-corrected chi connectivity index (χ1v) is 10.6. The quantitative estimate of drug-likeness (QED) is 0.162. The van der Waals surface area contributed by atoms with Crippen molar-refractivity contribution in [3.63, 3.8) is 0 Å². The molecular formula is C27H28N2O6. The molecule has 0 aliphatic heterocycles. The minimum Gasteiger partial charge on any atom is -0.504 e. The number of rotatable bonds is 10. The van der Waals surface area contributed by atoms with E-state index in [0.717, 1.165) is 5.56 Å². The van der Waals surface area contributed by atoms with Crippen LogP contribution < -0.4 is 30.0 Å². The first-order chi connectivity index (χ1) is 16.9. The van der Waals surface area contributed by atoms with E-state index in [0.29, 0.717) is 39.8 Å². The van der Waals surface area contributed by atoms with Gasteiger partial charge in [0.1, 0.15) is 0 Å². The van der Waals surface area contributed by atoms with E-state index in [9.17, 15) is 9.90 Å². The smallest absolute Gasteiger partial charge is 0.203 e. The van der Waals surface area contributed by atoms with Crippen LogP contribution in [0.1, 0.15) is 21.5 Å². The van der Waals surface area contributed by atoms with Crippen molar-refractivity contribution >= 4 is 29.3 Å². The van der Waals surface area contributed by atoms with E-state index in [1.165, 1.54) is 19.4 Å². The summed E-state index contributed by atoms with van der Waals surface area (Å²) in [6.07, 6.45) is 6.48. The lowest BCUT2D eigenvalue weighted by Crippen LogP contribution is -2.01.